The van der Waals surface area contributed by atoms with Crippen LogP contribution in [0.5, 0.6) is 0 Å². The van der Waals surface area contributed by atoms with Crippen molar-refractivity contribution in [1.29, 1.82) is 0 Å². The van der Waals surface area contributed by atoms with Gasteiger partial charge in [-0.05, 0) is 44.0 Å². The van der Waals surface area contributed by atoms with Crippen LogP contribution in [-0.4, -0.2) is 35.6 Å². The number of hydrogen-bond donors (Lipinski definition) is 1. The van der Waals surface area contributed by atoms with Gasteiger partial charge in [-0.25, -0.2) is 0 Å². The maximum Gasteiger partial charge on any atom is 0.0270 e. The molecule has 16 heavy (non-hydrogen) atoms. The van der Waals surface area contributed by atoms with Gasteiger partial charge in [-0.15, -0.1) is 0 Å². The van der Waals surface area contributed by atoms with Gasteiger partial charge in [0.15, 0.2) is 0 Å². The van der Waals surface area contributed by atoms with Crippen LogP contribution in [0.3, 0.4) is 0 Å². The normalized spacial score (nSPS) is 25.2. The fraction of sp³-hybridized carbons (Fsp3) is 0.615. The highest BCUT2D eigenvalue weighted by atomic mass is 15.1. The van der Waals surface area contributed by atoms with Gasteiger partial charge in [0.25, 0.3) is 0 Å². The highest BCUT2D eigenvalue weighted by Crippen LogP contribution is 2.21. The predicted octanol–water partition coefficient (Wildman–Crippen LogP) is 1.44. The van der Waals surface area contributed by atoms with Gasteiger partial charge in [-0.1, -0.05) is 6.42 Å². The molecule has 0 saturated heterocycles. The highest BCUT2D eigenvalue weighted by molar-refractivity contribution is 5.10. The first-order valence-electron chi connectivity index (χ1n) is 6.12. The summed E-state index contributed by atoms with van der Waals surface area (Å²) >= 11 is 0. The van der Waals surface area contributed by atoms with Crippen LogP contribution in [0.15, 0.2) is 24.5 Å². The number of aromatic nitrogens is 1. The summed E-state index contributed by atoms with van der Waals surface area (Å²) in [6.45, 7) is 1.09. The first-order chi connectivity index (χ1) is 7.77. The maximum atomic E-state index is 6.10. The molecule has 88 valence electrons. The third-order valence-corrected chi connectivity index (χ3v) is 3.60. The van der Waals surface area contributed by atoms with Crippen molar-refractivity contribution in [2.24, 2.45) is 5.73 Å². The molecule has 1 saturated carbocycles. The molecule has 1 aliphatic carbocycles. The Morgan fingerprint density at radius 3 is 2.75 bits per heavy atom. The molecule has 2 N–H and O–H groups in total. The lowest BCUT2D eigenvalue weighted by atomic mass is 10.1. The number of hydrogen-bond acceptors (Lipinski definition) is 3. The van der Waals surface area contributed by atoms with Gasteiger partial charge in [-0.3, -0.25) is 4.98 Å². The smallest absolute Gasteiger partial charge is 0.0270 e. The minimum atomic E-state index is 0.377. The van der Waals surface area contributed by atoms with Crippen LogP contribution in [-0.2, 0) is 6.42 Å². The van der Waals surface area contributed by atoms with E-state index in [1.807, 2.05) is 12.4 Å². The largest absolute Gasteiger partial charge is 0.326 e. The lowest BCUT2D eigenvalue weighted by Gasteiger charge is -2.27. The number of rotatable bonds is 4. The molecule has 1 aromatic rings. The molecule has 1 heterocycles. The van der Waals surface area contributed by atoms with Gasteiger partial charge in [0.2, 0.25) is 0 Å². The summed E-state index contributed by atoms with van der Waals surface area (Å²) in [7, 11) is 2.19. The van der Waals surface area contributed by atoms with Crippen molar-refractivity contribution < 1.29 is 0 Å². The second-order valence-corrected chi connectivity index (χ2v) is 4.75. The molecule has 1 fully saturated rings. The second kappa shape index (κ2) is 5.41. The fourth-order valence-electron chi connectivity index (χ4n) is 2.54. The van der Waals surface area contributed by atoms with Crippen LogP contribution in [0.2, 0.25) is 0 Å². The highest BCUT2D eigenvalue weighted by Gasteiger charge is 2.26. The van der Waals surface area contributed by atoms with E-state index in [0.29, 0.717) is 12.1 Å². The van der Waals surface area contributed by atoms with Gasteiger partial charge in [0.05, 0.1) is 0 Å². The zero-order valence-corrected chi connectivity index (χ0v) is 9.97. The van der Waals surface area contributed by atoms with Crippen molar-refractivity contribution in [3.05, 3.63) is 30.1 Å². The average molecular weight is 219 g/mol. The van der Waals surface area contributed by atoms with E-state index in [1.54, 1.807) is 0 Å². The van der Waals surface area contributed by atoms with Gasteiger partial charge in [-0.2, -0.15) is 0 Å². The Hall–Kier alpha value is -0.930. The zero-order chi connectivity index (χ0) is 11.4. The molecule has 0 aliphatic heterocycles. The minimum absolute atomic E-state index is 0.377. The fourth-order valence-corrected chi connectivity index (χ4v) is 2.54. The van der Waals surface area contributed by atoms with Crippen LogP contribution in [0.4, 0.5) is 0 Å². The summed E-state index contributed by atoms with van der Waals surface area (Å²) in [4.78, 5) is 6.44. The Bertz CT molecular complexity index is 312. The standard InChI is InChI=1S/C13H21N3/c1-16(13-4-2-3-12(13)14)10-7-11-5-8-15-9-6-11/h5-6,8-9,12-13H,2-4,7,10,14H2,1H3. The zero-order valence-electron chi connectivity index (χ0n) is 9.97. The summed E-state index contributed by atoms with van der Waals surface area (Å²) in [5, 5.41) is 0. The van der Waals surface area contributed by atoms with Crippen molar-refractivity contribution in [3.63, 3.8) is 0 Å². The van der Waals surface area contributed by atoms with Crippen molar-refractivity contribution in [3.8, 4) is 0 Å². The summed E-state index contributed by atoms with van der Waals surface area (Å²) in [6.07, 6.45) is 8.53. The molecule has 0 bridgehead atoms. The lowest BCUT2D eigenvalue weighted by Crippen LogP contribution is -2.42. The molecule has 3 heteroatoms. The van der Waals surface area contributed by atoms with Gasteiger partial charge in [0.1, 0.15) is 0 Å². The molecule has 0 amide bonds. The minimum Gasteiger partial charge on any atom is -0.326 e. The number of likely N-dealkylation sites (N-methyl/N-ethyl adjacent to an activating group) is 1. The monoisotopic (exact) mass is 219 g/mol. The first kappa shape index (κ1) is 11.6. The summed E-state index contributed by atoms with van der Waals surface area (Å²) in [5.41, 5.74) is 7.45. The molecule has 2 unspecified atom stereocenters. The summed E-state index contributed by atoms with van der Waals surface area (Å²) < 4.78 is 0. The van der Waals surface area contributed by atoms with Crippen LogP contribution in [0.25, 0.3) is 0 Å². The number of pyridine rings is 1. The summed E-state index contributed by atoms with van der Waals surface area (Å²) in [6, 6.07) is 5.13. The third kappa shape index (κ3) is 2.80. The molecule has 2 atom stereocenters. The third-order valence-electron chi connectivity index (χ3n) is 3.60. The summed E-state index contributed by atoms with van der Waals surface area (Å²) in [5.74, 6) is 0. The Morgan fingerprint density at radius 2 is 2.12 bits per heavy atom. The van der Waals surface area contributed by atoms with Crippen LogP contribution in [0, 0.1) is 0 Å². The second-order valence-electron chi connectivity index (χ2n) is 4.75. The molecule has 3 nitrogen and oxygen atoms in total. The van der Waals surface area contributed by atoms with E-state index in [2.05, 4.69) is 29.1 Å². The Kier molecular flexibility index (Phi) is 3.91. The number of nitrogens with zero attached hydrogens (tertiary/aromatic N) is 2. The molecular weight excluding hydrogens is 198 g/mol. The van der Waals surface area contributed by atoms with Crippen LogP contribution >= 0.6 is 0 Å². The molecule has 2 rings (SSSR count). The first-order valence-corrected chi connectivity index (χ1v) is 6.12. The van der Waals surface area contributed by atoms with Crippen molar-refractivity contribution in [2.75, 3.05) is 13.6 Å². The quantitative estimate of drug-likeness (QED) is 0.833. The predicted molar refractivity (Wildman–Crippen MR) is 66.2 cm³/mol. The van der Waals surface area contributed by atoms with E-state index in [0.717, 1.165) is 13.0 Å². The maximum absolute atomic E-state index is 6.10. The van der Waals surface area contributed by atoms with E-state index in [4.69, 9.17) is 5.73 Å². The van der Waals surface area contributed by atoms with E-state index in [-0.39, 0.29) is 0 Å². The van der Waals surface area contributed by atoms with Gasteiger partial charge in [0, 0.05) is 31.0 Å². The van der Waals surface area contributed by atoms with Crippen molar-refractivity contribution in [1.82, 2.24) is 9.88 Å². The molecule has 0 aromatic carbocycles. The van der Waals surface area contributed by atoms with E-state index >= 15 is 0 Å². The Morgan fingerprint density at radius 1 is 1.38 bits per heavy atom. The lowest BCUT2D eigenvalue weighted by molar-refractivity contribution is 0.231. The van der Waals surface area contributed by atoms with Crippen LogP contribution < -0.4 is 5.73 Å². The Balaban J connectivity index is 1.81. The van der Waals surface area contributed by atoms with Crippen molar-refractivity contribution >= 4 is 0 Å². The average Bonchev–Trinajstić information content (AvgIpc) is 2.74. The number of nitrogens with two attached hydrogens (primary N) is 1. The van der Waals surface area contributed by atoms with Crippen LogP contribution in [0.1, 0.15) is 24.8 Å². The van der Waals surface area contributed by atoms with Gasteiger partial charge < -0.3 is 10.6 Å². The van der Waals surface area contributed by atoms with E-state index < -0.39 is 0 Å². The molecular formula is C13H21N3. The Labute approximate surface area is 97.7 Å². The molecule has 0 radical (unpaired) electrons. The van der Waals surface area contributed by atoms with E-state index in [9.17, 15) is 0 Å². The topological polar surface area (TPSA) is 42.2 Å². The molecule has 0 spiro atoms. The van der Waals surface area contributed by atoms with E-state index in [1.165, 1.54) is 24.8 Å². The molecule has 1 aliphatic rings. The molecule has 1 aromatic heterocycles. The van der Waals surface area contributed by atoms with Crippen molar-refractivity contribution in [2.45, 2.75) is 37.8 Å². The van der Waals surface area contributed by atoms with Gasteiger partial charge >= 0.3 is 0 Å². The SMILES string of the molecule is CN(CCc1ccncc1)C1CCCC1N.